The molecule has 5 heteroatoms. The SMILES string of the molecule is Fc1ccc(Cc2nc(-c3ccc(-n4cccc4)cc3)no2)cc1. The smallest absolute Gasteiger partial charge is 0.231 e. The van der Waals surface area contributed by atoms with Crippen LogP contribution in [0.5, 0.6) is 0 Å². The van der Waals surface area contributed by atoms with Crippen LogP contribution in [0.2, 0.25) is 0 Å². The molecule has 24 heavy (non-hydrogen) atoms. The van der Waals surface area contributed by atoms with Crippen molar-refractivity contribution in [1.82, 2.24) is 14.7 Å². The molecule has 4 nitrogen and oxygen atoms in total. The molecule has 0 atom stereocenters. The molecule has 0 amide bonds. The minimum atomic E-state index is -0.257. The monoisotopic (exact) mass is 319 g/mol. The molecule has 4 aromatic rings. The average molecular weight is 319 g/mol. The highest BCUT2D eigenvalue weighted by molar-refractivity contribution is 5.56. The molecule has 0 aliphatic rings. The molecule has 118 valence electrons. The van der Waals surface area contributed by atoms with Gasteiger partial charge in [0.1, 0.15) is 5.82 Å². The summed E-state index contributed by atoms with van der Waals surface area (Å²) < 4.78 is 20.3. The van der Waals surface area contributed by atoms with E-state index in [0.717, 1.165) is 16.8 Å². The van der Waals surface area contributed by atoms with Gasteiger partial charge in [-0.3, -0.25) is 0 Å². The normalized spacial score (nSPS) is 10.9. The summed E-state index contributed by atoms with van der Waals surface area (Å²) in [6.07, 6.45) is 4.46. The van der Waals surface area contributed by atoms with Crippen molar-refractivity contribution in [3.05, 3.63) is 90.3 Å². The lowest BCUT2D eigenvalue weighted by molar-refractivity contribution is 0.385. The number of halogens is 1. The summed E-state index contributed by atoms with van der Waals surface area (Å²) in [6, 6.07) is 18.2. The summed E-state index contributed by atoms with van der Waals surface area (Å²) in [6.45, 7) is 0. The van der Waals surface area contributed by atoms with Crippen molar-refractivity contribution in [1.29, 1.82) is 0 Å². The Hall–Kier alpha value is -3.21. The highest BCUT2D eigenvalue weighted by atomic mass is 19.1. The van der Waals surface area contributed by atoms with Crippen LogP contribution in [0.4, 0.5) is 4.39 Å². The van der Waals surface area contributed by atoms with Crippen LogP contribution in [-0.2, 0) is 6.42 Å². The molecule has 0 fully saturated rings. The van der Waals surface area contributed by atoms with Gasteiger partial charge in [-0.25, -0.2) is 4.39 Å². The number of aromatic nitrogens is 3. The summed E-state index contributed by atoms with van der Waals surface area (Å²) in [5.41, 5.74) is 2.88. The van der Waals surface area contributed by atoms with Crippen LogP contribution in [0.1, 0.15) is 11.5 Å². The van der Waals surface area contributed by atoms with Crippen LogP contribution in [0.3, 0.4) is 0 Å². The van der Waals surface area contributed by atoms with Gasteiger partial charge in [0.15, 0.2) is 0 Å². The van der Waals surface area contributed by atoms with Crippen molar-refractivity contribution in [3.8, 4) is 17.1 Å². The van der Waals surface area contributed by atoms with Gasteiger partial charge in [-0.05, 0) is 54.1 Å². The Kier molecular flexibility index (Phi) is 3.67. The first kappa shape index (κ1) is 14.4. The third-order valence-corrected chi connectivity index (χ3v) is 3.76. The minimum Gasteiger partial charge on any atom is -0.339 e. The molecule has 4 rings (SSSR count). The van der Waals surface area contributed by atoms with E-state index in [4.69, 9.17) is 4.52 Å². The second-order valence-electron chi connectivity index (χ2n) is 5.45. The maximum atomic E-state index is 12.9. The largest absolute Gasteiger partial charge is 0.339 e. The van der Waals surface area contributed by atoms with E-state index in [1.54, 1.807) is 12.1 Å². The van der Waals surface area contributed by atoms with E-state index < -0.39 is 0 Å². The van der Waals surface area contributed by atoms with Gasteiger partial charge in [-0.2, -0.15) is 4.98 Å². The van der Waals surface area contributed by atoms with Crippen LogP contribution >= 0.6 is 0 Å². The van der Waals surface area contributed by atoms with Crippen molar-refractivity contribution in [2.75, 3.05) is 0 Å². The van der Waals surface area contributed by atoms with Gasteiger partial charge in [-0.15, -0.1) is 0 Å². The van der Waals surface area contributed by atoms with E-state index in [1.165, 1.54) is 12.1 Å². The fourth-order valence-corrected chi connectivity index (χ4v) is 2.51. The zero-order chi connectivity index (χ0) is 16.4. The van der Waals surface area contributed by atoms with Crippen molar-refractivity contribution < 1.29 is 8.91 Å². The topological polar surface area (TPSA) is 43.9 Å². The lowest BCUT2D eigenvalue weighted by atomic mass is 10.1. The van der Waals surface area contributed by atoms with Crippen molar-refractivity contribution in [3.63, 3.8) is 0 Å². The van der Waals surface area contributed by atoms with E-state index in [1.807, 2.05) is 53.4 Å². The van der Waals surface area contributed by atoms with Gasteiger partial charge in [0.05, 0.1) is 6.42 Å². The fraction of sp³-hybridized carbons (Fsp3) is 0.0526. The van der Waals surface area contributed by atoms with Crippen LogP contribution in [-0.4, -0.2) is 14.7 Å². The molecule has 0 bridgehead atoms. The molecule has 0 radical (unpaired) electrons. The average Bonchev–Trinajstić information content (AvgIpc) is 3.29. The molecule has 0 aliphatic carbocycles. The van der Waals surface area contributed by atoms with Crippen LogP contribution in [0.25, 0.3) is 17.1 Å². The number of benzene rings is 2. The molecule has 0 saturated carbocycles. The quantitative estimate of drug-likeness (QED) is 0.564. The third kappa shape index (κ3) is 2.96. The summed E-state index contributed by atoms with van der Waals surface area (Å²) in [5.74, 6) is 0.796. The summed E-state index contributed by atoms with van der Waals surface area (Å²) in [7, 11) is 0. The molecule has 2 heterocycles. The Morgan fingerprint density at radius 3 is 2.33 bits per heavy atom. The summed E-state index contributed by atoms with van der Waals surface area (Å²) in [4.78, 5) is 4.41. The first-order chi connectivity index (χ1) is 11.8. The van der Waals surface area contributed by atoms with Gasteiger partial charge in [0, 0.05) is 23.6 Å². The Labute approximate surface area is 138 Å². The number of nitrogens with zero attached hydrogens (tertiary/aromatic N) is 3. The maximum absolute atomic E-state index is 12.9. The van der Waals surface area contributed by atoms with E-state index >= 15 is 0 Å². The molecule has 0 unspecified atom stereocenters. The maximum Gasteiger partial charge on any atom is 0.231 e. The first-order valence-corrected chi connectivity index (χ1v) is 7.59. The van der Waals surface area contributed by atoms with E-state index in [-0.39, 0.29) is 5.82 Å². The number of rotatable bonds is 4. The molecule has 0 saturated heterocycles. The lowest BCUT2D eigenvalue weighted by Crippen LogP contribution is -1.90. The number of hydrogen-bond acceptors (Lipinski definition) is 3. The minimum absolute atomic E-state index is 0.257. The van der Waals surface area contributed by atoms with E-state index in [0.29, 0.717) is 18.1 Å². The molecular weight excluding hydrogens is 305 g/mol. The highest BCUT2D eigenvalue weighted by Gasteiger charge is 2.09. The van der Waals surface area contributed by atoms with Crippen molar-refractivity contribution >= 4 is 0 Å². The summed E-state index contributed by atoms with van der Waals surface area (Å²) >= 11 is 0. The Bertz CT molecular complexity index is 926. The van der Waals surface area contributed by atoms with Gasteiger partial charge < -0.3 is 9.09 Å². The molecule has 0 aliphatic heterocycles. The van der Waals surface area contributed by atoms with E-state index in [9.17, 15) is 4.39 Å². The molecule has 0 N–H and O–H groups in total. The first-order valence-electron chi connectivity index (χ1n) is 7.59. The number of hydrogen-bond donors (Lipinski definition) is 0. The fourth-order valence-electron chi connectivity index (χ4n) is 2.51. The predicted molar refractivity (Wildman–Crippen MR) is 88.3 cm³/mol. The standard InChI is InChI=1S/C19H14FN3O/c20-16-7-3-14(4-8-16)13-18-21-19(22-24-18)15-5-9-17(10-6-15)23-11-1-2-12-23/h1-12H,13H2. The van der Waals surface area contributed by atoms with Crippen LogP contribution in [0, 0.1) is 5.82 Å². The predicted octanol–water partition coefficient (Wildman–Crippen LogP) is 4.26. The van der Waals surface area contributed by atoms with Crippen molar-refractivity contribution in [2.45, 2.75) is 6.42 Å². The van der Waals surface area contributed by atoms with Crippen LogP contribution < -0.4 is 0 Å². The molecule has 2 aromatic carbocycles. The highest BCUT2D eigenvalue weighted by Crippen LogP contribution is 2.19. The summed E-state index contributed by atoms with van der Waals surface area (Å²) in [5, 5.41) is 4.03. The van der Waals surface area contributed by atoms with Crippen molar-refractivity contribution in [2.24, 2.45) is 0 Å². The molecule has 2 aromatic heterocycles. The Balaban J connectivity index is 1.53. The van der Waals surface area contributed by atoms with Gasteiger partial charge in [0.2, 0.25) is 11.7 Å². The molecular formula is C19H14FN3O. The zero-order valence-electron chi connectivity index (χ0n) is 12.8. The van der Waals surface area contributed by atoms with Gasteiger partial charge in [-0.1, -0.05) is 17.3 Å². The van der Waals surface area contributed by atoms with Crippen LogP contribution in [0.15, 0.2) is 77.6 Å². The molecule has 0 spiro atoms. The van der Waals surface area contributed by atoms with Gasteiger partial charge in [0.25, 0.3) is 0 Å². The third-order valence-electron chi connectivity index (χ3n) is 3.76. The second-order valence-corrected chi connectivity index (χ2v) is 5.45. The second kappa shape index (κ2) is 6.12. The Morgan fingerprint density at radius 1 is 0.917 bits per heavy atom. The van der Waals surface area contributed by atoms with Gasteiger partial charge >= 0.3 is 0 Å². The van der Waals surface area contributed by atoms with E-state index in [2.05, 4.69) is 10.1 Å². The lowest BCUT2D eigenvalue weighted by Gasteiger charge is -2.02. The zero-order valence-corrected chi connectivity index (χ0v) is 12.8. The Morgan fingerprint density at radius 2 is 1.62 bits per heavy atom.